The normalized spacial score (nSPS) is 14.7. The third-order valence-electron chi connectivity index (χ3n) is 5.65. The minimum atomic E-state index is 0.668. The van der Waals surface area contributed by atoms with Crippen molar-refractivity contribution in [1.29, 1.82) is 0 Å². The van der Waals surface area contributed by atoms with Gasteiger partial charge in [0.1, 0.15) is 0 Å². The van der Waals surface area contributed by atoms with Crippen molar-refractivity contribution in [3.63, 3.8) is 0 Å². The summed E-state index contributed by atoms with van der Waals surface area (Å²) in [4.78, 5) is 0. The molecule has 0 radical (unpaired) electrons. The molecule has 0 N–H and O–H groups in total. The van der Waals surface area contributed by atoms with E-state index in [1.165, 1.54) is 103 Å². The fourth-order valence-electron chi connectivity index (χ4n) is 4.00. The van der Waals surface area contributed by atoms with Gasteiger partial charge in [-0.3, -0.25) is 0 Å². The second-order valence-electron chi connectivity index (χ2n) is 8.87. The third kappa shape index (κ3) is 13.3. The molecular formula is C24H46N+. The minimum absolute atomic E-state index is 0.668. The smallest absolute Gasteiger partial charge is 0.0881 e. The van der Waals surface area contributed by atoms with E-state index in [0.717, 1.165) is 4.48 Å². The highest BCUT2D eigenvalue weighted by atomic mass is 15.3. The van der Waals surface area contributed by atoms with Crippen LogP contribution in [-0.2, 0) is 0 Å². The van der Waals surface area contributed by atoms with Crippen molar-refractivity contribution >= 4 is 0 Å². The Morgan fingerprint density at radius 2 is 1.00 bits per heavy atom. The summed E-state index contributed by atoms with van der Waals surface area (Å²) in [5.41, 5.74) is 0. The Morgan fingerprint density at radius 3 is 1.44 bits per heavy atom. The first-order valence-electron chi connectivity index (χ1n) is 11.3. The van der Waals surface area contributed by atoms with Gasteiger partial charge in [-0.15, -0.1) is 0 Å². The predicted molar refractivity (Wildman–Crippen MR) is 114 cm³/mol. The van der Waals surface area contributed by atoms with Gasteiger partial charge >= 0.3 is 0 Å². The Hall–Kier alpha value is -0.560. The average molecular weight is 349 g/mol. The molecule has 1 heteroatoms. The minimum Gasteiger partial charge on any atom is -0.328 e. The summed E-state index contributed by atoms with van der Waals surface area (Å²) in [5, 5.41) is 0. The molecule has 0 unspecified atom stereocenters. The van der Waals surface area contributed by atoms with Crippen molar-refractivity contribution in [3.8, 4) is 0 Å². The Bertz CT molecular complexity index is 341. The first-order chi connectivity index (χ1) is 12.1. The van der Waals surface area contributed by atoms with Crippen molar-refractivity contribution in [1.82, 2.24) is 0 Å². The molecule has 0 aromatic carbocycles. The van der Waals surface area contributed by atoms with Gasteiger partial charge < -0.3 is 4.48 Å². The van der Waals surface area contributed by atoms with Crippen molar-refractivity contribution in [2.24, 2.45) is 5.92 Å². The highest BCUT2D eigenvalue weighted by Gasteiger charge is 2.19. The average Bonchev–Trinajstić information content (AvgIpc) is 3.07. The highest BCUT2D eigenvalue weighted by Crippen LogP contribution is 2.16. The fourth-order valence-corrected chi connectivity index (χ4v) is 4.00. The topological polar surface area (TPSA) is 0 Å². The molecule has 0 fully saturated rings. The third-order valence-corrected chi connectivity index (χ3v) is 5.65. The molecule has 25 heavy (non-hydrogen) atoms. The second-order valence-corrected chi connectivity index (χ2v) is 8.87. The van der Waals surface area contributed by atoms with Gasteiger partial charge in [-0.25, -0.2) is 0 Å². The second kappa shape index (κ2) is 14.6. The molecular weight excluding hydrogens is 302 g/mol. The monoisotopic (exact) mass is 348 g/mol. The maximum Gasteiger partial charge on any atom is 0.0881 e. The number of nitrogens with zero attached hydrogens (tertiary/aromatic N) is 1. The van der Waals surface area contributed by atoms with Crippen LogP contribution >= 0.6 is 0 Å². The lowest BCUT2D eigenvalue weighted by molar-refractivity contribution is -0.892. The first kappa shape index (κ1) is 22.5. The summed E-state index contributed by atoms with van der Waals surface area (Å²) in [5.74, 6) is 0.668. The number of hydrogen-bond acceptors (Lipinski definition) is 0. The van der Waals surface area contributed by atoms with Gasteiger partial charge in [-0.2, -0.15) is 0 Å². The molecule has 0 saturated carbocycles. The van der Waals surface area contributed by atoms with Crippen LogP contribution in [-0.4, -0.2) is 31.7 Å². The van der Waals surface area contributed by atoms with Gasteiger partial charge in [0.15, 0.2) is 0 Å². The Kier molecular flexibility index (Phi) is 13.1. The molecule has 0 aromatic heterocycles. The summed E-state index contributed by atoms with van der Waals surface area (Å²) < 4.78 is 1.16. The van der Waals surface area contributed by atoms with Crippen molar-refractivity contribution in [2.45, 2.75) is 96.8 Å². The van der Waals surface area contributed by atoms with Crippen LogP contribution in [0.3, 0.4) is 0 Å². The summed E-state index contributed by atoms with van der Waals surface area (Å²) in [6.07, 6.45) is 29.3. The maximum atomic E-state index is 2.39. The molecule has 0 heterocycles. The summed E-state index contributed by atoms with van der Waals surface area (Å²) in [6.45, 7) is 4.88. The molecule has 0 aromatic rings. The van der Waals surface area contributed by atoms with Crippen LogP contribution < -0.4 is 0 Å². The summed E-state index contributed by atoms with van der Waals surface area (Å²) >= 11 is 0. The molecule has 1 nitrogen and oxygen atoms in total. The zero-order chi connectivity index (χ0) is 18.2. The van der Waals surface area contributed by atoms with Crippen LogP contribution in [0.5, 0.6) is 0 Å². The number of quaternary nitrogens is 1. The predicted octanol–water partition coefficient (Wildman–Crippen LogP) is 7.29. The molecule has 0 atom stereocenters. The lowest BCUT2D eigenvalue weighted by Crippen LogP contribution is -2.43. The van der Waals surface area contributed by atoms with Crippen LogP contribution in [0.15, 0.2) is 24.3 Å². The Labute approximate surface area is 159 Å². The quantitative estimate of drug-likeness (QED) is 0.191. The van der Waals surface area contributed by atoms with Crippen LogP contribution in [0.1, 0.15) is 96.8 Å². The van der Waals surface area contributed by atoms with Gasteiger partial charge in [0.2, 0.25) is 0 Å². The molecule has 0 spiro atoms. The maximum absolute atomic E-state index is 2.39. The lowest BCUT2D eigenvalue weighted by Gasteiger charge is -2.31. The van der Waals surface area contributed by atoms with E-state index in [1.807, 2.05) is 0 Å². The van der Waals surface area contributed by atoms with E-state index in [2.05, 4.69) is 45.3 Å². The zero-order valence-electron chi connectivity index (χ0n) is 17.6. The van der Waals surface area contributed by atoms with Crippen LogP contribution in [0.4, 0.5) is 0 Å². The standard InChI is InChI=1S/C24H46N/c1-4-5-6-7-8-9-10-11-12-13-14-15-16-19-22-25(2,3)23-24-20-17-18-21-24/h17-18,20-21,24H,4-16,19,22-23H2,1-3H3/q+1. The van der Waals surface area contributed by atoms with E-state index in [1.54, 1.807) is 0 Å². The number of unbranched alkanes of at least 4 members (excludes halogenated alkanes) is 13. The molecule has 1 aliphatic carbocycles. The van der Waals surface area contributed by atoms with E-state index in [0.29, 0.717) is 5.92 Å². The summed E-state index contributed by atoms with van der Waals surface area (Å²) in [6, 6.07) is 0. The van der Waals surface area contributed by atoms with E-state index < -0.39 is 0 Å². The van der Waals surface area contributed by atoms with Gasteiger partial charge in [0.05, 0.1) is 27.2 Å². The van der Waals surface area contributed by atoms with Crippen LogP contribution in [0.25, 0.3) is 0 Å². The molecule has 1 aliphatic rings. The van der Waals surface area contributed by atoms with Gasteiger partial charge in [-0.05, 0) is 12.8 Å². The molecule has 0 bridgehead atoms. The van der Waals surface area contributed by atoms with E-state index in [9.17, 15) is 0 Å². The molecule has 1 rings (SSSR count). The number of rotatable bonds is 17. The zero-order valence-corrected chi connectivity index (χ0v) is 17.6. The van der Waals surface area contributed by atoms with Crippen molar-refractivity contribution < 1.29 is 4.48 Å². The van der Waals surface area contributed by atoms with E-state index >= 15 is 0 Å². The lowest BCUT2D eigenvalue weighted by atomic mass is 10.0. The van der Waals surface area contributed by atoms with Crippen molar-refractivity contribution in [2.75, 3.05) is 27.2 Å². The Balaban J connectivity index is 1.81. The molecule has 146 valence electrons. The number of hydrogen-bond donors (Lipinski definition) is 0. The van der Waals surface area contributed by atoms with Crippen LogP contribution in [0, 0.1) is 5.92 Å². The Morgan fingerprint density at radius 1 is 0.600 bits per heavy atom. The van der Waals surface area contributed by atoms with Gasteiger partial charge in [0, 0.05) is 5.92 Å². The van der Waals surface area contributed by atoms with Crippen LogP contribution in [0.2, 0.25) is 0 Å². The first-order valence-corrected chi connectivity index (χ1v) is 11.3. The molecule has 0 amide bonds. The summed E-state index contributed by atoms with van der Waals surface area (Å²) in [7, 11) is 4.78. The molecule has 0 saturated heterocycles. The van der Waals surface area contributed by atoms with E-state index in [4.69, 9.17) is 0 Å². The van der Waals surface area contributed by atoms with Gasteiger partial charge in [-0.1, -0.05) is 108 Å². The van der Waals surface area contributed by atoms with Gasteiger partial charge in [0.25, 0.3) is 0 Å². The van der Waals surface area contributed by atoms with Crippen molar-refractivity contribution in [3.05, 3.63) is 24.3 Å². The largest absolute Gasteiger partial charge is 0.328 e. The van der Waals surface area contributed by atoms with E-state index in [-0.39, 0.29) is 0 Å². The number of allylic oxidation sites excluding steroid dienone is 2. The SMILES string of the molecule is CCCCCCCCCCCCCCCC[N+](C)(C)CC1C=CC=C1. The fraction of sp³-hybridized carbons (Fsp3) is 0.833. The molecule has 0 aliphatic heterocycles. The highest BCUT2D eigenvalue weighted by molar-refractivity contribution is 5.17.